The number of furan rings is 1. The van der Waals surface area contributed by atoms with E-state index in [1.54, 1.807) is 47.0 Å². The predicted molar refractivity (Wildman–Crippen MR) is 134 cm³/mol. The maximum absolute atomic E-state index is 13.1. The molecule has 2 amide bonds. The Kier molecular flexibility index (Phi) is 6.49. The van der Waals surface area contributed by atoms with Gasteiger partial charge in [0.05, 0.1) is 9.80 Å². The van der Waals surface area contributed by atoms with Crippen LogP contribution in [-0.2, 0) is 14.8 Å². The minimum atomic E-state index is -3.57. The Morgan fingerprint density at radius 2 is 1.86 bits per heavy atom. The lowest BCUT2D eigenvalue weighted by atomic mass is 10.1. The van der Waals surface area contributed by atoms with Gasteiger partial charge in [0.1, 0.15) is 11.3 Å². The molecule has 182 valence electrons. The van der Waals surface area contributed by atoms with Crippen LogP contribution in [0, 0.1) is 0 Å². The van der Waals surface area contributed by atoms with Gasteiger partial charge in [0.25, 0.3) is 11.1 Å². The summed E-state index contributed by atoms with van der Waals surface area (Å²) in [5.74, 6) is -0.0367. The first-order chi connectivity index (χ1) is 16.8. The lowest BCUT2D eigenvalue weighted by molar-refractivity contribution is -0.115. The fourth-order valence-corrected chi connectivity index (χ4v) is 6.36. The number of nitrogens with one attached hydrogen (secondary N) is 1. The second kappa shape index (κ2) is 9.57. The Bertz CT molecular complexity index is 1420. The zero-order valence-electron chi connectivity index (χ0n) is 19.1. The molecule has 4 heterocycles. The molecule has 3 aromatic rings. The molecule has 0 radical (unpaired) electrons. The molecule has 11 heteroatoms. The average Bonchev–Trinajstić information content (AvgIpc) is 3.41. The summed E-state index contributed by atoms with van der Waals surface area (Å²) < 4.78 is 33.8. The van der Waals surface area contributed by atoms with Crippen molar-refractivity contribution in [3.8, 4) is 11.1 Å². The van der Waals surface area contributed by atoms with Crippen LogP contribution in [0.3, 0.4) is 0 Å². The Balaban J connectivity index is 1.39. The van der Waals surface area contributed by atoms with Crippen LogP contribution in [0.25, 0.3) is 28.2 Å². The quantitative estimate of drug-likeness (QED) is 0.499. The van der Waals surface area contributed by atoms with Crippen molar-refractivity contribution in [2.24, 2.45) is 0 Å². The average molecular weight is 513 g/mol. The van der Waals surface area contributed by atoms with Gasteiger partial charge in [0.2, 0.25) is 10.0 Å². The number of rotatable bonds is 6. The number of nitrogens with zero attached hydrogens (tertiary/aromatic N) is 3. The zero-order valence-corrected chi connectivity index (χ0v) is 20.7. The predicted octanol–water partition coefficient (Wildman–Crippen LogP) is 3.54. The first kappa shape index (κ1) is 23.7. The zero-order chi connectivity index (χ0) is 24.6. The Morgan fingerprint density at radius 1 is 1.11 bits per heavy atom. The Labute approximate surface area is 207 Å². The van der Waals surface area contributed by atoms with Gasteiger partial charge >= 0.3 is 0 Å². The molecule has 0 aliphatic carbocycles. The molecule has 35 heavy (non-hydrogen) atoms. The molecule has 5 rings (SSSR count). The van der Waals surface area contributed by atoms with Crippen molar-refractivity contribution in [3.63, 3.8) is 0 Å². The van der Waals surface area contributed by atoms with E-state index in [1.807, 2.05) is 0 Å². The number of thioether (sulfide) groups is 1. The number of amides is 2. The van der Waals surface area contributed by atoms with Crippen molar-refractivity contribution in [1.82, 2.24) is 19.5 Å². The third kappa shape index (κ3) is 4.76. The number of sulfonamides is 1. The first-order valence-corrected chi connectivity index (χ1v) is 13.6. The van der Waals surface area contributed by atoms with Crippen molar-refractivity contribution < 1.29 is 22.4 Å². The van der Waals surface area contributed by atoms with E-state index in [2.05, 4.69) is 22.1 Å². The number of hydrogen-bond donors (Lipinski definition) is 1. The number of pyridine rings is 1. The molecule has 1 aromatic carbocycles. The van der Waals surface area contributed by atoms with Gasteiger partial charge in [0.15, 0.2) is 0 Å². The molecule has 2 aromatic heterocycles. The van der Waals surface area contributed by atoms with E-state index in [-0.39, 0.29) is 9.80 Å². The summed E-state index contributed by atoms with van der Waals surface area (Å²) in [6.07, 6.45) is 5.87. The van der Waals surface area contributed by atoms with Crippen molar-refractivity contribution in [2.75, 3.05) is 32.7 Å². The molecule has 2 aliphatic rings. The summed E-state index contributed by atoms with van der Waals surface area (Å²) in [5, 5.41) is 2.52. The summed E-state index contributed by atoms with van der Waals surface area (Å²) >= 11 is 0.819. The second-order valence-electron chi connectivity index (χ2n) is 8.38. The lowest BCUT2D eigenvalue weighted by Crippen LogP contribution is -2.48. The van der Waals surface area contributed by atoms with Crippen LogP contribution < -0.4 is 5.32 Å². The molecule has 0 spiro atoms. The molecule has 9 nitrogen and oxygen atoms in total. The van der Waals surface area contributed by atoms with Gasteiger partial charge in [-0.15, -0.1) is 0 Å². The number of hydrogen-bond acceptors (Lipinski definition) is 8. The van der Waals surface area contributed by atoms with Gasteiger partial charge in [-0.2, -0.15) is 4.31 Å². The maximum Gasteiger partial charge on any atom is 0.290 e. The van der Waals surface area contributed by atoms with Crippen LogP contribution >= 0.6 is 11.8 Å². The fourth-order valence-electron chi connectivity index (χ4n) is 4.27. The van der Waals surface area contributed by atoms with E-state index in [9.17, 15) is 18.0 Å². The van der Waals surface area contributed by atoms with Gasteiger partial charge in [0, 0.05) is 55.6 Å². The summed E-state index contributed by atoms with van der Waals surface area (Å²) in [7, 11) is -3.57. The molecule has 0 atom stereocenters. The monoisotopic (exact) mass is 512 g/mol. The standard InChI is InChI=1S/C24H24N4O5S2/c1-2-7-27-8-10-28(11-9-27)35(31,32)19-5-3-16(4-6-19)20-15-25-14-17-12-18(33-22(17)20)13-21-23(29)26-24(30)34-21/h3-6,12-15H,2,7-11H2,1H3,(H,26,29,30). The molecule has 2 saturated heterocycles. The third-order valence-corrected chi connectivity index (χ3v) is 8.75. The van der Waals surface area contributed by atoms with Crippen molar-refractivity contribution >= 4 is 50.0 Å². The minimum absolute atomic E-state index is 0.254. The third-order valence-electron chi connectivity index (χ3n) is 6.03. The van der Waals surface area contributed by atoms with E-state index in [1.165, 1.54) is 6.08 Å². The molecular weight excluding hydrogens is 488 g/mol. The number of carbonyl (C=O) groups excluding carboxylic acids is 2. The second-order valence-corrected chi connectivity index (χ2v) is 11.3. The SMILES string of the molecule is CCCN1CCN(S(=O)(=O)c2ccc(-c3cncc4cc(C=C5SC(=O)NC5=O)oc34)cc2)CC1. The number of carbonyl (C=O) groups is 2. The summed E-state index contributed by atoms with van der Waals surface area (Å²) in [4.78, 5) is 30.3. The Hall–Kier alpha value is -2.99. The molecule has 2 aliphatic heterocycles. The molecule has 0 unspecified atom stereocenters. The van der Waals surface area contributed by atoms with Crippen LogP contribution in [0.2, 0.25) is 0 Å². The smallest absolute Gasteiger partial charge is 0.290 e. The Morgan fingerprint density at radius 3 is 2.51 bits per heavy atom. The van der Waals surface area contributed by atoms with Crippen molar-refractivity contribution in [1.29, 1.82) is 0 Å². The number of piperazine rings is 1. The van der Waals surface area contributed by atoms with Crippen molar-refractivity contribution in [3.05, 3.63) is 53.4 Å². The topological polar surface area (TPSA) is 113 Å². The largest absolute Gasteiger partial charge is 0.456 e. The first-order valence-electron chi connectivity index (χ1n) is 11.3. The van der Waals surface area contributed by atoms with Gasteiger partial charge < -0.3 is 9.32 Å². The van der Waals surface area contributed by atoms with Crippen LogP contribution in [0.1, 0.15) is 19.1 Å². The summed E-state index contributed by atoms with van der Waals surface area (Å²) in [6, 6.07) is 8.46. The molecule has 0 bridgehead atoms. The molecule has 2 fully saturated rings. The highest BCUT2D eigenvalue weighted by Gasteiger charge is 2.28. The lowest BCUT2D eigenvalue weighted by Gasteiger charge is -2.33. The maximum atomic E-state index is 13.1. The van der Waals surface area contributed by atoms with Crippen LogP contribution in [0.5, 0.6) is 0 Å². The molecule has 1 N–H and O–H groups in total. The number of fused-ring (bicyclic) bond motifs is 1. The number of aromatic nitrogens is 1. The summed E-state index contributed by atoms with van der Waals surface area (Å²) in [6.45, 7) is 5.56. The highest BCUT2D eigenvalue weighted by molar-refractivity contribution is 8.18. The van der Waals surface area contributed by atoms with Crippen molar-refractivity contribution in [2.45, 2.75) is 18.2 Å². The van der Waals surface area contributed by atoms with Gasteiger partial charge in [-0.25, -0.2) is 8.42 Å². The molecular formula is C24H24N4O5S2. The normalized spacial score (nSPS) is 19.1. The van der Waals surface area contributed by atoms with Crippen LogP contribution in [0.15, 0.2) is 56.9 Å². The van der Waals surface area contributed by atoms with Crippen LogP contribution in [0.4, 0.5) is 4.79 Å². The number of imide groups is 1. The van der Waals surface area contributed by atoms with E-state index in [0.29, 0.717) is 30.0 Å². The van der Waals surface area contributed by atoms with Gasteiger partial charge in [-0.3, -0.25) is 19.9 Å². The van der Waals surface area contributed by atoms with E-state index >= 15 is 0 Å². The minimum Gasteiger partial charge on any atom is -0.456 e. The van der Waals surface area contributed by atoms with Crippen LogP contribution in [-0.4, -0.2) is 66.5 Å². The summed E-state index contributed by atoms with van der Waals surface area (Å²) in [5.41, 5.74) is 2.01. The number of benzene rings is 1. The van der Waals surface area contributed by atoms with Gasteiger partial charge in [-0.05, 0) is 48.5 Å². The van der Waals surface area contributed by atoms with E-state index in [4.69, 9.17) is 4.42 Å². The van der Waals surface area contributed by atoms with E-state index < -0.39 is 21.2 Å². The highest BCUT2D eigenvalue weighted by Crippen LogP contribution is 2.33. The fraction of sp³-hybridized carbons (Fsp3) is 0.292. The highest BCUT2D eigenvalue weighted by atomic mass is 32.2. The van der Waals surface area contributed by atoms with Gasteiger partial charge in [-0.1, -0.05) is 19.1 Å². The van der Waals surface area contributed by atoms with E-state index in [0.717, 1.165) is 48.8 Å². The molecule has 0 saturated carbocycles.